The molecule has 17 heavy (non-hydrogen) atoms. The van der Waals surface area contributed by atoms with E-state index in [2.05, 4.69) is 0 Å². The van der Waals surface area contributed by atoms with Gasteiger partial charge in [0.15, 0.2) is 0 Å². The third-order valence-electron chi connectivity index (χ3n) is 3.25. The molecule has 1 nitrogen and oxygen atoms in total. The van der Waals surface area contributed by atoms with Crippen LogP contribution in [0, 0.1) is 17.0 Å². The van der Waals surface area contributed by atoms with Crippen molar-refractivity contribution in [3.05, 3.63) is 29.8 Å². The minimum atomic E-state index is -0.616. The smallest absolute Gasteiger partial charge is 0.333 e. The van der Waals surface area contributed by atoms with Crippen molar-refractivity contribution in [2.24, 2.45) is 5.41 Å². The van der Waals surface area contributed by atoms with Crippen LogP contribution in [-0.4, -0.2) is 13.1 Å². The normalized spacial score (nSPS) is 12.6. The van der Waals surface area contributed by atoms with Crippen LogP contribution in [0.4, 0.5) is 8.78 Å². The van der Waals surface area contributed by atoms with E-state index in [1.165, 1.54) is 19.6 Å². The molecule has 0 heterocycles. The van der Waals surface area contributed by atoms with Crippen LogP contribution in [0.5, 0.6) is 0 Å². The van der Waals surface area contributed by atoms with E-state index < -0.39 is 17.2 Å². The second-order valence-electron chi connectivity index (χ2n) is 5.66. The van der Waals surface area contributed by atoms with Gasteiger partial charge in [-0.1, -0.05) is 26.8 Å². The molecule has 0 aliphatic heterocycles. The Labute approximate surface area is 102 Å². The topological polar surface area (TPSA) is 9.23 Å². The highest BCUT2D eigenvalue weighted by Gasteiger charge is 2.33. The van der Waals surface area contributed by atoms with Crippen LogP contribution in [0.2, 0.25) is 0 Å². The molecular weight excluding hydrogens is 221 g/mol. The van der Waals surface area contributed by atoms with Crippen molar-refractivity contribution in [3.63, 3.8) is 0 Å². The van der Waals surface area contributed by atoms with Crippen LogP contribution in [0.25, 0.3) is 0 Å². The highest BCUT2D eigenvalue weighted by molar-refractivity contribution is 6.47. The second-order valence-corrected chi connectivity index (χ2v) is 5.66. The average Bonchev–Trinajstić information content (AvgIpc) is 2.14. The van der Waals surface area contributed by atoms with Crippen LogP contribution in [0.3, 0.4) is 0 Å². The first-order valence-corrected chi connectivity index (χ1v) is 5.59. The molecule has 0 atom stereocenters. The van der Waals surface area contributed by atoms with Gasteiger partial charge in [0.1, 0.15) is 11.6 Å². The van der Waals surface area contributed by atoms with Gasteiger partial charge in [0, 0.05) is 6.07 Å². The van der Waals surface area contributed by atoms with Gasteiger partial charge in [-0.05, 0) is 30.8 Å². The summed E-state index contributed by atoms with van der Waals surface area (Å²) in [5.41, 5.74) is -0.267. The molecule has 0 N–H and O–H groups in total. The van der Waals surface area contributed by atoms with Gasteiger partial charge in [0.25, 0.3) is 0 Å². The van der Waals surface area contributed by atoms with Crippen molar-refractivity contribution in [1.29, 1.82) is 0 Å². The SMILES string of the molecule is CC(C)(C)C(C)(C)O[B]c1ccc(F)cc1F. The zero-order chi connectivity index (χ0) is 13.3. The van der Waals surface area contributed by atoms with E-state index in [4.69, 9.17) is 4.65 Å². The summed E-state index contributed by atoms with van der Waals surface area (Å²) in [7, 11) is 1.35. The highest BCUT2D eigenvalue weighted by atomic mass is 19.1. The van der Waals surface area contributed by atoms with Gasteiger partial charge in [-0.25, -0.2) is 8.78 Å². The zero-order valence-electron chi connectivity index (χ0n) is 11.0. The van der Waals surface area contributed by atoms with Crippen molar-refractivity contribution >= 4 is 12.9 Å². The molecule has 1 aromatic rings. The fourth-order valence-electron chi connectivity index (χ4n) is 0.985. The molecule has 0 spiro atoms. The summed E-state index contributed by atoms with van der Waals surface area (Å²) < 4.78 is 31.7. The summed E-state index contributed by atoms with van der Waals surface area (Å²) in [5.74, 6) is -1.20. The standard InChI is InChI=1S/C13H18BF2O/c1-12(2,3)13(4,5)17-14-10-7-6-9(15)8-11(10)16/h6-8H,1-5H3. The molecule has 93 valence electrons. The van der Waals surface area contributed by atoms with Crippen LogP contribution >= 0.6 is 0 Å². The molecule has 4 heteroatoms. The lowest BCUT2D eigenvalue weighted by Gasteiger charge is -2.39. The van der Waals surface area contributed by atoms with Gasteiger partial charge < -0.3 is 4.65 Å². The molecule has 0 aliphatic rings. The summed E-state index contributed by atoms with van der Waals surface area (Å²) >= 11 is 0. The van der Waals surface area contributed by atoms with E-state index in [9.17, 15) is 8.78 Å². The molecule has 0 fully saturated rings. The third kappa shape index (κ3) is 3.53. The van der Waals surface area contributed by atoms with Gasteiger partial charge in [-0.15, -0.1) is 0 Å². The minimum Gasteiger partial charge on any atom is -0.429 e. The maximum absolute atomic E-state index is 13.4. The monoisotopic (exact) mass is 239 g/mol. The van der Waals surface area contributed by atoms with Crippen molar-refractivity contribution in [1.82, 2.24) is 0 Å². The Morgan fingerprint density at radius 1 is 1.06 bits per heavy atom. The molecule has 1 rings (SSSR count). The molecule has 0 aliphatic carbocycles. The molecule has 0 aromatic heterocycles. The number of benzene rings is 1. The fourth-order valence-corrected chi connectivity index (χ4v) is 0.985. The molecule has 0 bridgehead atoms. The Morgan fingerprint density at radius 3 is 2.12 bits per heavy atom. The first-order chi connectivity index (χ1) is 7.63. The molecular formula is C13H18BF2O. The van der Waals surface area contributed by atoms with Crippen LogP contribution < -0.4 is 5.46 Å². The van der Waals surface area contributed by atoms with Crippen molar-refractivity contribution in [3.8, 4) is 0 Å². The number of hydrogen-bond acceptors (Lipinski definition) is 1. The maximum atomic E-state index is 13.4. The van der Waals surface area contributed by atoms with E-state index in [1.807, 2.05) is 34.6 Å². The quantitative estimate of drug-likeness (QED) is 0.736. The van der Waals surface area contributed by atoms with Crippen molar-refractivity contribution < 1.29 is 13.4 Å². The van der Waals surface area contributed by atoms with E-state index in [1.54, 1.807) is 0 Å². The second kappa shape index (κ2) is 4.77. The van der Waals surface area contributed by atoms with Crippen LogP contribution in [0.1, 0.15) is 34.6 Å². The average molecular weight is 239 g/mol. The van der Waals surface area contributed by atoms with E-state index >= 15 is 0 Å². The Hall–Kier alpha value is -0.895. The maximum Gasteiger partial charge on any atom is 0.333 e. The number of hydrogen-bond donors (Lipinski definition) is 0. The van der Waals surface area contributed by atoms with Crippen molar-refractivity contribution in [2.75, 3.05) is 0 Å². The largest absolute Gasteiger partial charge is 0.429 e. The third-order valence-corrected chi connectivity index (χ3v) is 3.25. The lowest BCUT2D eigenvalue weighted by Crippen LogP contribution is -2.43. The predicted octanol–water partition coefficient (Wildman–Crippen LogP) is 3.05. The molecule has 0 amide bonds. The zero-order valence-corrected chi connectivity index (χ0v) is 11.0. The predicted molar refractivity (Wildman–Crippen MR) is 66.4 cm³/mol. The summed E-state index contributed by atoms with van der Waals surface area (Å²) in [5, 5.41) is 0. The van der Waals surface area contributed by atoms with E-state index in [0.29, 0.717) is 0 Å². The molecule has 0 saturated heterocycles. The highest BCUT2D eigenvalue weighted by Crippen LogP contribution is 2.32. The number of halogens is 2. The van der Waals surface area contributed by atoms with Crippen molar-refractivity contribution in [2.45, 2.75) is 40.2 Å². The van der Waals surface area contributed by atoms with E-state index in [-0.39, 0.29) is 10.9 Å². The Kier molecular flexibility index (Phi) is 3.97. The Bertz CT molecular complexity index is 397. The molecule has 1 radical (unpaired) electrons. The molecule has 1 aromatic carbocycles. The first kappa shape index (κ1) is 14.2. The lowest BCUT2D eigenvalue weighted by molar-refractivity contribution is 0.00495. The molecule has 0 saturated carbocycles. The lowest BCUT2D eigenvalue weighted by atomic mass is 9.76. The number of rotatable bonds is 3. The fraction of sp³-hybridized carbons (Fsp3) is 0.538. The van der Waals surface area contributed by atoms with E-state index in [0.717, 1.165) is 6.07 Å². The van der Waals surface area contributed by atoms with Gasteiger partial charge in [0.05, 0.1) is 5.60 Å². The molecule has 0 unspecified atom stereocenters. The van der Waals surface area contributed by atoms with Gasteiger partial charge >= 0.3 is 7.48 Å². The van der Waals surface area contributed by atoms with Crippen LogP contribution in [0.15, 0.2) is 18.2 Å². The van der Waals surface area contributed by atoms with Gasteiger partial charge in [-0.2, -0.15) is 0 Å². The van der Waals surface area contributed by atoms with Gasteiger partial charge in [0.2, 0.25) is 0 Å². The van der Waals surface area contributed by atoms with Crippen LogP contribution in [-0.2, 0) is 4.65 Å². The summed E-state index contributed by atoms with van der Waals surface area (Å²) in [4.78, 5) is 0. The summed E-state index contributed by atoms with van der Waals surface area (Å²) in [6.45, 7) is 10.0. The minimum absolute atomic E-state index is 0.0833. The summed E-state index contributed by atoms with van der Waals surface area (Å²) in [6.07, 6.45) is 0. The Morgan fingerprint density at radius 2 is 1.65 bits per heavy atom. The summed E-state index contributed by atoms with van der Waals surface area (Å²) in [6, 6.07) is 3.42. The first-order valence-electron chi connectivity index (χ1n) is 5.59. The Balaban J connectivity index is 2.74. The van der Waals surface area contributed by atoms with Gasteiger partial charge in [-0.3, -0.25) is 0 Å².